The number of hydrogen-bond donors (Lipinski definition) is 0. The van der Waals surface area contributed by atoms with E-state index in [-0.39, 0.29) is 0 Å². The second-order valence-electron chi connectivity index (χ2n) is 7.90. The molecule has 6 heteroatoms. The zero-order chi connectivity index (χ0) is 23.2. The van der Waals surface area contributed by atoms with Crippen LogP contribution in [0.2, 0.25) is 0 Å². The molecule has 2 nitrogen and oxygen atoms in total. The molecule has 0 aromatic heterocycles. The molecular formula is C27H19F4NO. The van der Waals surface area contributed by atoms with Crippen LogP contribution in [0.4, 0.5) is 34.6 Å². The summed E-state index contributed by atoms with van der Waals surface area (Å²) < 4.78 is 59.4. The van der Waals surface area contributed by atoms with Gasteiger partial charge < -0.3 is 4.90 Å². The molecule has 0 saturated heterocycles. The quantitative estimate of drug-likeness (QED) is 0.291. The van der Waals surface area contributed by atoms with E-state index in [9.17, 15) is 17.6 Å². The van der Waals surface area contributed by atoms with E-state index >= 15 is 0 Å². The number of hydrogen-bond acceptors (Lipinski definition) is 2. The summed E-state index contributed by atoms with van der Waals surface area (Å²) in [7, 11) is 0. The van der Waals surface area contributed by atoms with Gasteiger partial charge in [0.2, 0.25) is 0 Å². The smallest absolute Gasteiger partial charge is 0.310 e. The van der Waals surface area contributed by atoms with Crippen molar-refractivity contribution >= 4 is 17.1 Å². The van der Waals surface area contributed by atoms with Crippen LogP contribution in [-0.4, -0.2) is 0 Å². The first-order chi connectivity index (χ1) is 15.8. The molecule has 0 N–H and O–H groups in total. The molecule has 0 atom stereocenters. The number of halogens is 4. The van der Waals surface area contributed by atoms with Crippen molar-refractivity contribution in [3.63, 3.8) is 0 Å². The summed E-state index contributed by atoms with van der Waals surface area (Å²) in [5.74, 6) is 0. The summed E-state index contributed by atoms with van der Waals surface area (Å²) in [4.78, 5) is 2.10. The van der Waals surface area contributed by atoms with Gasteiger partial charge in [0.05, 0.1) is 11.1 Å². The Morgan fingerprint density at radius 3 is 1.70 bits per heavy atom. The fourth-order valence-electron chi connectivity index (χ4n) is 4.16. The monoisotopic (exact) mass is 449 g/mol. The Balaban J connectivity index is 1.58. The zero-order valence-electron chi connectivity index (χ0n) is 17.6. The van der Waals surface area contributed by atoms with Crippen LogP contribution in [0.3, 0.4) is 0 Å². The van der Waals surface area contributed by atoms with Gasteiger partial charge in [-0.15, -0.1) is 0 Å². The van der Waals surface area contributed by atoms with Gasteiger partial charge in [-0.2, -0.15) is 17.6 Å². The third-order valence-corrected chi connectivity index (χ3v) is 5.70. The number of anilines is 3. The van der Waals surface area contributed by atoms with Crippen molar-refractivity contribution in [2.24, 2.45) is 0 Å². The lowest BCUT2D eigenvalue weighted by atomic mass is 9.97. The summed E-state index contributed by atoms with van der Waals surface area (Å²) in [6.07, 6.45) is -8.05. The first-order valence-corrected chi connectivity index (χ1v) is 10.4. The number of aryl methyl sites for hydroxylation is 1. The van der Waals surface area contributed by atoms with Crippen LogP contribution in [-0.2, 0) is 17.0 Å². The van der Waals surface area contributed by atoms with Gasteiger partial charge in [-0.3, -0.25) is 0 Å². The predicted octanol–water partition coefficient (Wildman–Crippen LogP) is 8.26. The lowest BCUT2D eigenvalue weighted by Gasteiger charge is -2.27. The van der Waals surface area contributed by atoms with Crippen LogP contribution < -0.4 is 4.90 Å². The maximum Gasteiger partial charge on any atom is 0.388 e. The van der Waals surface area contributed by atoms with Crippen molar-refractivity contribution < 1.29 is 22.3 Å². The molecule has 5 rings (SSSR count). The van der Waals surface area contributed by atoms with Crippen LogP contribution in [0.25, 0.3) is 11.1 Å². The zero-order valence-corrected chi connectivity index (χ0v) is 17.6. The van der Waals surface area contributed by atoms with E-state index in [2.05, 4.69) is 9.64 Å². The minimum Gasteiger partial charge on any atom is -0.310 e. The highest BCUT2D eigenvalue weighted by atomic mass is 19.3. The van der Waals surface area contributed by atoms with E-state index in [1.54, 1.807) is 6.07 Å². The molecule has 1 aliphatic heterocycles. The molecule has 4 aromatic carbocycles. The van der Waals surface area contributed by atoms with E-state index in [0.717, 1.165) is 34.8 Å². The number of ether oxygens (including phenoxy) is 1. The summed E-state index contributed by atoms with van der Waals surface area (Å²) >= 11 is 0. The van der Waals surface area contributed by atoms with Gasteiger partial charge in [0.1, 0.15) is 0 Å². The Hall–Kier alpha value is -3.64. The molecule has 0 saturated carbocycles. The molecular weight excluding hydrogens is 430 g/mol. The van der Waals surface area contributed by atoms with Gasteiger partial charge in [0, 0.05) is 17.1 Å². The molecule has 0 fully saturated rings. The topological polar surface area (TPSA) is 12.5 Å². The number of benzene rings is 4. The van der Waals surface area contributed by atoms with Crippen molar-refractivity contribution in [2.45, 2.75) is 19.1 Å². The number of nitrogens with zero attached hydrogens (tertiary/aromatic N) is 1. The molecule has 0 bridgehead atoms. The molecule has 0 amide bonds. The van der Waals surface area contributed by atoms with Gasteiger partial charge >= 0.3 is 12.2 Å². The minimum atomic E-state index is -4.04. The highest BCUT2D eigenvalue weighted by molar-refractivity contribution is 5.80. The van der Waals surface area contributed by atoms with Crippen LogP contribution in [0.15, 0.2) is 97.1 Å². The summed E-state index contributed by atoms with van der Waals surface area (Å²) in [5, 5.41) is 0. The predicted molar refractivity (Wildman–Crippen MR) is 120 cm³/mol. The standard InChI is InChI=1S/C27H19F4NO/c1-18-16-19(20-12-14-23-24(17-20)27(30,31)33-26(23,28)29)13-15-25(18)32(21-8-4-2-5-9-21)22-10-6-3-7-11-22/h2-17H,1H3. The molecule has 1 heterocycles. The molecule has 0 unspecified atom stereocenters. The Kier molecular flexibility index (Phi) is 4.98. The van der Waals surface area contributed by atoms with Crippen molar-refractivity contribution in [1.29, 1.82) is 0 Å². The van der Waals surface area contributed by atoms with Crippen LogP contribution >= 0.6 is 0 Å². The van der Waals surface area contributed by atoms with Gasteiger partial charge in [-0.25, -0.2) is 4.74 Å². The van der Waals surface area contributed by atoms with Gasteiger partial charge in [-0.1, -0.05) is 48.5 Å². The molecule has 4 aromatic rings. The number of para-hydroxylation sites is 2. The van der Waals surface area contributed by atoms with E-state index in [1.807, 2.05) is 79.7 Å². The summed E-state index contributed by atoms with van der Waals surface area (Å²) in [6.45, 7) is 1.93. The first-order valence-electron chi connectivity index (χ1n) is 10.4. The third-order valence-electron chi connectivity index (χ3n) is 5.70. The Morgan fingerprint density at radius 2 is 1.12 bits per heavy atom. The van der Waals surface area contributed by atoms with E-state index in [0.29, 0.717) is 11.1 Å². The fraction of sp³-hybridized carbons (Fsp3) is 0.111. The first kappa shape index (κ1) is 21.2. The van der Waals surface area contributed by atoms with Crippen LogP contribution in [0.1, 0.15) is 16.7 Å². The Morgan fingerprint density at radius 1 is 0.606 bits per heavy atom. The SMILES string of the molecule is Cc1cc(-c2ccc3c(c2)C(F)(F)OC3(F)F)ccc1N(c1ccccc1)c1ccccc1. The van der Waals surface area contributed by atoms with Crippen molar-refractivity contribution in [2.75, 3.05) is 4.90 Å². The van der Waals surface area contributed by atoms with Gasteiger partial charge in [0.25, 0.3) is 0 Å². The van der Waals surface area contributed by atoms with Crippen LogP contribution in [0, 0.1) is 6.92 Å². The average molecular weight is 449 g/mol. The van der Waals surface area contributed by atoms with Gasteiger partial charge in [0.15, 0.2) is 0 Å². The lowest BCUT2D eigenvalue weighted by Crippen LogP contribution is -2.17. The number of rotatable bonds is 4. The highest BCUT2D eigenvalue weighted by Crippen LogP contribution is 2.51. The second kappa shape index (κ2) is 7.74. The number of alkyl halides is 4. The number of fused-ring (bicyclic) bond motifs is 1. The van der Waals surface area contributed by atoms with Gasteiger partial charge in [-0.05, 0) is 72.1 Å². The normalized spacial score (nSPS) is 15.8. The van der Waals surface area contributed by atoms with Crippen molar-refractivity contribution in [1.82, 2.24) is 0 Å². The van der Waals surface area contributed by atoms with E-state index in [1.165, 1.54) is 6.07 Å². The second-order valence-corrected chi connectivity index (χ2v) is 7.90. The van der Waals surface area contributed by atoms with Crippen molar-refractivity contribution in [3.8, 4) is 11.1 Å². The van der Waals surface area contributed by atoms with E-state index < -0.39 is 23.3 Å². The molecule has 0 spiro atoms. The molecule has 1 aliphatic rings. The third kappa shape index (κ3) is 3.76. The summed E-state index contributed by atoms with van der Waals surface area (Å²) in [5.41, 5.74) is 3.20. The highest BCUT2D eigenvalue weighted by Gasteiger charge is 2.57. The largest absolute Gasteiger partial charge is 0.388 e. The van der Waals surface area contributed by atoms with E-state index in [4.69, 9.17) is 0 Å². The fourth-order valence-corrected chi connectivity index (χ4v) is 4.16. The lowest BCUT2D eigenvalue weighted by molar-refractivity contribution is -0.369. The Labute approximate surface area is 188 Å². The molecule has 166 valence electrons. The summed E-state index contributed by atoms with van der Waals surface area (Å²) in [6, 6.07) is 28.8. The maximum absolute atomic E-state index is 14.0. The average Bonchev–Trinajstić information content (AvgIpc) is 2.99. The van der Waals surface area contributed by atoms with Crippen LogP contribution in [0.5, 0.6) is 0 Å². The molecule has 0 radical (unpaired) electrons. The molecule has 0 aliphatic carbocycles. The maximum atomic E-state index is 14.0. The minimum absolute atomic E-state index is 0.412. The Bertz CT molecular complexity index is 1270. The molecule has 33 heavy (non-hydrogen) atoms. The van der Waals surface area contributed by atoms with Crippen molar-refractivity contribution in [3.05, 3.63) is 114 Å².